The van der Waals surface area contributed by atoms with Gasteiger partial charge in [-0.1, -0.05) is 41.9 Å². The fraction of sp³-hybridized carbons (Fsp3) is 0.0833. The lowest BCUT2D eigenvalue weighted by Gasteiger charge is -2.14. The molecule has 0 bridgehead atoms. The average molecular weight is 453 g/mol. The van der Waals surface area contributed by atoms with E-state index in [1.54, 1.807) is 48.5 Å². The molecular formula is C24H18ClFN2O4. The number of hydrazine groups is 1. The minimum Gasteiger partial charge on any atom is -0.493 e. The first-order chi connectivity index (χ1) is 15.5. The van der Waals surface area contributed by atoms with Gasteiger partial charge in [-0.3, -0.25) is 15.0 Å². The van der Waals surface area contributed by atoms with Gasteiger partial charge >= 0.3 is 0 Å². The van der Waals surface area contributed by atoms with Crippen LogP contribution in [0, 0.1) is 5.82 Å². The number of ether oxygens (including phenoxy) is 2. The molecule has 8 heteroatoms. The van der Waals surface area contributed by atoms with Crippen LogP contribution in [0.5, 0.6) is 11.5 Å². The quantitative estimate of drug-likeness (QED) is 0.441. The first-order valence-corrected chi connectivity index (χ1v) is 10.0. The van der Waals surface area contributed by atoms with Crippen molar-refractivity contribution in [2.45, 2.75) is 6.61 Å². The largest absolute Gasteiger partial charge is 0.493 e. The third-order valence-electron chi connectivity index (χ3n) is 4.84. The summed E-state index contributed by atoms with van der Waals surface area (Å²) in [7, 11) is 1.47. The van der Waals surface area contributed by atoms with E-state index in [1.807, 2.05) is 6.07 Å². The van der Waals surface area contributed by atoms with E-state index in [2.05, 4.69) is 5.43 Å². The Balaban J connectivity index is 1.60. The molecule has 1 N–H and O–H groups in total. The number of halogens is 2. The summed E-state index contributed by atoms with van der Waals surface area (Å²) < 4.78 is 25.1. The van der Waals surface area contributed by atoms with Gasteiger partial charge in [-0.15, -0.1) is 0 Å². The van der Waals surface area contributed by atoms with Crippen LogP contribution in [0.25, 0.3) is 6.08 Å². The highest BCUT2D eigenvalue weighted by atomic mass is 35.5. The van der Waals surface area contributed by atoms with Crippen molar-refractivity contribution >= 4 is 35.2 Å². The van der Waals surface area contributed by atoms with E-state index in [0.29, 0.717) is 22.7 Å². The van der Waals surface area contributed by atoms with Crippen molar-refractivity contribution in [3.8, 4) is 11.5 Å². The summed E-state index contributed by atoms with van der Waals surface area (Å²) >= 11 is 6.06. The van der Waals surface area contributed by atoms with E-state index in [9.17, 15) is 14.0 Å². The van der Waals surface area contributed by atoms with Crippen molar-refractivity contribution in [3.05, 3.63) is 94.3 Å². The SMILES string of the molecule is COc1ccc(/C=C2\C(=O)NN(c3ccccc3)C2=O)cc1OCc1c(F)cccc1Cl. The zero-order valence-electron chi connectivity index (χ0n) is 17.0. The Hall–Kier alpha value is -3.84. The Labute approximate surface area is 188 Å². The van der Waals surface area contributed by atoms with Gasteiger partial charge in [0.1, 0.15) is 18.0 Å². The zero-order chi connectivity index (χ0) is 22.7. The number of methoxy groups -OCH3 is 1. The van der Waals surface area contributed by atoms with Crippen LogP contribution in [0.15, 0.2) is 72.3 Å². The number of carbonyl (C=O) groups is 2. The summed E-state index contributed by atoms with van der Waals surface area (Å²) in [6.07, 6.45) is 1.46. The molecule has 3 aromatic carbocycles. The molecule has 1 aliphatic rings. The van der Waals surface area contributed by atoms with Gasteiger partial charge in [-0.05, 0) is 48.0 Å². The van der Waals surface area contributed by atoms with Crippen molar-refractivity contribution in [2.24, 2.45) is 0 Å². The molecule has 1 saturated heterocycles. The summed E-state index contributed by atoms with van der Waals surface area (Å²) in [4.78, 5) is 25.2. The van der Waals surface area contributed by atoms with Gasteiger partial charge in [0.25, 0.3) is 11.8 Å². The Morgan fingerprint density at radius 1 is 1.03 bits per heavy atom. The monoisotopic (exact) mass is 452 g/mol. The molecule has 0 spiro atoms. The molecule has 0 aromatic heterocycles. The number of anilines is 1. The molecule has 0 aliphatic carbocycles. The number of amides is 2. The van der Waals surface area contributed by atoms with Crippen LogP contribution in [0.3, 0.4) is 0 Å². The normalized spacial score (nSPS) is 14.6. The van der Waals surface area contributed by atoms with Gasteiger partial charge in [0, 0.05) is 5.56 Å². The van der Waals surface area contributed by atoms with Crippen molar-refractivity contribution in [2.75, 3.05) is 12.1 Å². The van der Waals surface area contributed by atoms with Crippen LogP contribution in [0.1, 0.15) is 11.1 Å². The average Bonchev–Trinajstić information content (AvgIpc) is 3.08. The van der Waals surface area contributed by atoms with Gasteiger partial charge in [-0.25, -0.2) is 9.40 Å². The van der Waals surface area contributed by atoms with Crippen LogP contribution in [0.2, 0.25) is 5.02 Å². The van der Waals surface area contributed by atoms with E-state index in [4.69, 9.17) is 21.1 Å². The maximum atomic E-state index is 14.1. The second kappa shape index (κ2) is 9.11. The van der Waals surface area contributed by atoms with Crippen molar-refractivity contribution < 1.29 is 23.5 Å². The van der Waals surface area contributed by atoms with Crippen LogP contribution in [0.4, 0.5) is 10.1 Å². The highest BCUT2D eigenvalue weighted by Crippen LogP contribution is 2.31. The number of nitrogens with one attached hydrogen (secondary N) is 1. The van der Waals surface area contributed by atoms with Crippen molar-refractivity contribution in [1.82, 2.24) is 5.43 Å². The van der Waals surface area contributed by atoms with E-state index < -0.39 is 17.6 Å². The highest BCUT2D eigenvalue weighted by Gasteiger charge is 2.34. The number of hydrogen-bond acceptors (Lipinski definition) is 4. The molecule has 1 heterocycles. The Morgan fingerprint density at radius 2 is 1.81 bits per heavy atom. The number of nitrogens with zero attached hydrogens (tertiary/aromatic N) is 1. The van der Waals surface area contributed by atoms with Gasteiger partial charge in [0.15, 0.2) is 11.5 Å². The molecule has 32 heavy (non-hydrogen) atoms. The van der Waals surface area contributed by atoms with Gasteiger partial charge in [0.2, 0.25) is 0 Å². The van der Waals surface area contributed by atoms with Crippen molar-refractivity contribution in [1.29, 1.82) is 0 Å². The van der Waals surface area contributed by atoms with Gasteiger partial charge in [-0.2, -0.15) is 0 Å². The fourth-order valence-electron chi connectivity index (χ4n) is 3.20. The van der Waals surface area contributed by atoms with Crippen LogP contribution in [-0.4, -0.2) is 18.9 Å². The Kier molecular flexibility index (Phi) is 6.09. The Morgan fingerprint density at radius 3 is 2.53 bits per heavy atom. The predicted molar refractivity (Wildman–Crippen MR) is 119 cm³/mol. The predicted octanol–water partition coefficient (Wildman–Crippen LogP) is 4.53. The molecule has 162 valence electrons. The molecule has 0 saturated carbocycles. The molecule has 1 aliphatic heterocycles. The topological polar surface area (TPSA) is 67.9 Å². The smallest absolute Gasteiger partial charge is 0.282 e. The van der Waals surface area contributed by atoms with Gasteiger partial charge in [0.05, 0.1) is 17.8 Å². The molecule has 6 nitrogen and oxygen atoms in total. The number of benzene rings is 3. The number of carbonyl (C=O) groups excluding carboxylic acids is 2. The molecule has 0 atom stereocenters. The van der Waals surface area contributed by atoms with Crippen molar-refractivity contribution in [3.63, 3.8) is 0 Å². The standard InChI is InChI=1S/C24H18ClFN2O4/c1-31-21-11-10-15(13-22(21)32-14-18-19(25)8-5-9-20(18)26)12-17-23(29)27-28(24(17)30)16-6-3-2-4-7-16/h2-13H,14H2,1H3,(H,27,29)/b17-12+. The summed E-state index contributed by atoms with van der Waals surface area (Å²) in [5, 5.41) is 1.44. The number of hydrogen-bond donors (Lipinski definition) is 1. The maximum absolute atomic E-state index is 14.1. The maximum Gasteiger partial charge on any atom is 0.282 e. The van der Waals surface area contributed by atoms with E-state index in [0.717, 1.165) is 0 Å². The Bertz CT molecular complexity index is 1190. The minimum atomic E-state index is -0.518. The highest BCUT2D eigenvalue weighted by molar-refractivity contribution is 6.32. The number of rotatable bonds is 6. The molecular weight excluding hydrogens is 435 g/mol. The van der Waals surface area contributed by atoms with E-state index >= 15 is 0 Å². The molecule has 3 aromatic rings. The lowest BCUT2D eigenvalue weighted by molar-refractivity contribution is -0.117. The third-order valence-corrected chi connectivity index (χ3v) is 5.19. The first-order valence-electron chi connectivity index (χ1n) is 9.64. The second-order valence-electron chi connectivity index (χ2n) is 6.87. The molecule has 2 amide bonds. The molecule has 0 radical (unpaired) electrons. The second-order valence-corrected chi connectivity index (χ2v) is 7.28. The van der Waals surface area contributed by atoms with E-state index in [1.165, 1.54) is 30.3 Å². The molecule has 4 rings (SSSR count). The lowest BCUT2D eigenvalue weighted by Crippen LogP contribution is -2.35. The molecule has 0 unspecified atom stereocenters. The third kappa shape index (κ3) is 4.29. The van der Waals surface area contributed by atoms with Crippen LogP contribution < -0.4 is 19.9 Å². The minimum absolute atomic E-state index is 0.0258. The lowest BCUT2D eigenvalue weighted by atomic mass is 10.1. The zero-order valence-corrected chi connectivity index (χ0v) is 17.7. The van der Waals surface area contributed by atoms with Crippen LogP contribution in [-0.2, 0) is 16.2 Å². The fourth-order valence-corrected chi connectivity index (χ4v) is 3.42. The summed E-state index contributed by atoms with van der Waals surface area (Å²) in [6, 6.07) is 18.1. The van der Waals surface area contributed by atoms with Crippen LogP contribution >= 0.6 is 11.6 Å². The van der Waals surface area contributed by atoms with E-state index in [-0.39, 0.29) is 22.8 Å². The number of para-hydroxylation sites is 1. The summed E-state index contributed by atoms with van der Waals surface area (Å²) in [6.45, 7) is -0.122. The van der Waals surface area contributed by atoms with Gasteiger partial charge < -0.3 is 9.47 Å². The summed E-state index contributed by atoms with van der Waals surface area (Å²) in [5.74, 6) is -0.753. The molecule has 1 fully saturated rings. The first kappa shape index (κ1) is 21.4. The summed E-state index contributed by atoms with van der Waals surface area (Å²) in [5.41, 5.74) is 3.82.